The van der Waals surface area contributed by atoms with Gasteiger partial charge in [-0.3, -0.25) is 0 Å². The number of nitrogens with zero attached hydrogens (tertiary/aromatic N) is 2. The van der Waals surface area contributed by atoms with E-state index in [2.05, 4.69) is 5.10 Å². The molecule has 0 radical (unpaired) electrons. The van der Waals surface area contributed by atoms with Crippen LogP contribution in [0.5, 0.6) is 5.75 Å². The summed E-state index contributed by atoms with van der Waals surface area (Å²) in [5, 5.41) is 14.1. The second-order valence-corrected chi connectivity index (χ2v) is 6.99. The highest BCUT2D eigenvalue weighted by Crippen LogP contribution is 2.42. The van der Waals surface area contributed by atoms with Gasteiger partial charge in [-0.1, -0.05) is 31.2 Å². The van der Waals surface area contributed by atoms with Crippen molar-refractivity contribution in [2.75, 3.05) is 0 Å². The second-order valence-electron chi connectivity index (χ2n) is 6.99. The highest BCUT2D eigenvalue weighted by Gasteiger charge is 2.44. The molecule has 0 aliphatic heterocycles. The van der Waals surface area contributed by atoms with Crippen LogP contribution >= 0.6 is 0 Å². The Balaban J connectivity index is 2.27. The Morgan fingerprint density at radius 1 is 1.19 bits per heavy atom. The molecule has 1 aliphatic rings. The summed E-state index contributed by atoms with van der Waals surface area (Å²) >= 11 is 0. The van der Waals surface area contributed by atoms with Crippen LogP contribution in [-0.4, -0.2) is 14.9 Å². The first-order valence-electron chi connectivity index (χ1n) is 8.39. The molecule has 3 nitrogen and oxygen atoms in total. The van der Waals surface area contributed by atoms with Crippen molar-refractivity contribution >= 4 is 0 Å². The number of benzene rings is 1. The van der Waals surface area contributed by atoms with Gasteiger partial charge in [0.2, 0.25) is 0 Å². The van der Waals surface area contributed by atoms with Gasteiger partial charge in [-0.25, -0.2) is 4.68 Å². The Hall–Kier alpha value is -2.50. The molecule has 2 atom stereocenters. The standard InChI is InChI=1S/C20H21F3N2O/c1-12-11-15(8-9-16(12)26)17-14(3)18(20(21,22)23)25(24-17)19(4)10-6-5-7-13(19)2/h5-11,13,26H,1-4H3. The average molecular weight is 362 g/mol. The first kappa shape index (κ1) is 18.3. The quantitative estimate of drug-likeness (QED) is 0.780. The van der Waals surface area contributed by atoms with E-state index in [1.807, 2.05) is 19.1 Å². The number of phenols is 1. The summed E-state index contributed by atoms with van der Waals surface area (Å²) < 4.78 is 42.8. The molecule has 1 heterocycles. The maximum atomic E-state index is 13.9. The SMILES string of the molecule is Cc1cc(-c2nn(C3(C)C=CC=CC3C)c(C(F)(F)F)c2C)ccc1O. The summed E-state index contributed by atoms with van der Waals surface area (Å²) in [7, 11) is 0. The van der Waals surface area contributed by atoms with E-state index in [0.29, 0.717) is 11.1 Å². The molecule has 0 bridgehead atoms. The number of rotatable bonds is 2. The van der Waals surface area contributed by atoms with Crippen LogP contribution in [0.15, 0.2) is 42.5 Å². The Bertz CT molecular complexity index is 909. The van der Waals surface area contributed by atoms with Gasteiger partial charge in [-0.15, -0.1) is 0 Å². The summed E-state index contributed by atoms with van der Waals surface area (Å²) in [4.78, 5) is 0. The second kappa shape index (κ2) is 6.04. The van der Waals surface area contributed by atoms with E-state index in [4.69, 9.17) is 0 Å². The van der Waals surface area contributed by atoms with Crippen LogP contribution < -0.4 is 0 Å². The third-order valence-electron chi connectivity index (χ3n) is 5.18. The van der Waals surface area contributed by atoms with Crippen LogP contribution in [0.1, 0.15) is 30.7 Å². The molecule has 0 fully saturated rings. The Morgan fingerprint density at radius 3 is 2.46 bits per heavy atom. The highest BCUT2D eigenvalue weighted by molar-refractivity contribution is 5.66. The van der Waals surface area contributed by atoms with Crippen LogP contribution in [-0.2, 0) is 11.7 Å². The van der Waals surface area contributed by atoms with Crippen molar-refractivity contribution < 1.29 is 18.3 Å². The fraction of sp³-hybridized carbons (Fsp3) is 0.350. The zero-order chi connectivity index (χ0) is 19.3. The lowest BCUT2D eigenvalue weighted by atomic mass is 9.83. The van der Waals surface area contributed by atoms with E-state index in [0.717, 1.165) is 4.68 Å². The Labute approximate surface area is 150 Å². The first-order valence-corrected chi connectivity index (χ1v) is 8.39. The van der Waals surface area contributed by atoms with Gasteiger partial charge in [0.05, 0.1) is 11.2 Å². The summed E-state index contributed by atoms with van der Waals surface area (Å²) in [5.74, 6) is -0.0508. The molecule has 0 saturated heterocycles. The van der Waals surface area contributed by atoms with E-state index in [1.165, 1.54) is 13.0 Å². The number of aryl methyl sites for hydroxylation is 1. The third-order valence-corrected chi connectivity index (χ3v) is 5.18. The minimum Gasteiger partial charge on any atom is -0.508 e. The summed E-state index contributed by atoms with van der Waals surface area (Å²) in [6.45, 7) is 6.78. The predicted octanol–water partition coefficient (Wildman–Crippen LogP) is 5.37. The van der Waals surface area contributed by atoms with E-state index in [9.17, 15) is 18.3 Å². The maximum Gasteiger partial charge on any atom is 0.433 e. The number of allylic oxidation sites excluding steroid dienone is 4. The van der Waals surface area contributed by atoms with Gasteiger partial charge < -0.3 is 5.11 Å². The molecule has 1 aliphatic carbocycles. The largest absolute Gasteiger partial charge is 0.508 e. The molecule has 6 heteroatoms. The van der Waals surface area contributed by atoms with Crippen molar-refractivity contribution in [2.24, 2.45) is 5.92 Å². The molecule has 0 amide bonds. The number of aromatic hydroxyl groups is 1. The van der Waals surface area contributed by atoms with Gasteiger partial charge in [0.25, 0.3) is 0 Å². The van der Waals surface area contributed by atoms with Crippen LogP contribution in [0, 0.1) is 19.8 Å². The lowest BCUT2D eigenvalue weighted by molar-refractivity contribution is -0.146. The van der Waals surface area contributed by atoms with E-state index >= 15 is 0 Å². The van der Waals surface area contributed by atoms with Crippen LogP contribution in [0.2, 0.25) is 0 Å². The van der Waals surface area contributed by atoms with E-state index < -0.39 is 17.4 Å². The van der Waals surface area contributed by atoms with Gasteiger partial charge in [0, 0.05) is 17.0 Å². The zero-order valence-electron chi connectivity index (χ0n) is 15.1. The number of hydrogen-bond acceptors (Lipinski definition) is 2. The Kier molecular flexibility index (Phi) is 4.25. The molecular weight excluding hydrogens is 341 g/mol. The minimum atomic E-state index is -4.53. The lowest BCUT2D eigenvalue weighted by Crippen LogP contribution is -2.39. The highest BCUT2D eigenvalue weighted by atomic mass is 19.4. The summed E-state index contributed by atoms with van der Waals surface area (Å²) in [6.07, 6.45) is 2.69. The fourth-order valence-corrected chi connectivity index (χ4v) is 3.35. The molecular formula is C20H21F3N2O. The predicted molar refractivity (Wildman–Crippen MR) is 94.9 cm³/mol. The molecule has 2 unspecified atom stereocenters. The summed E-state index contributed by atoms with van der Waals surface area (Å²) in [5.41, 5.74) is -0.170. The molecule has 0 saturated carbocycles. The molecule has 1 N–H and O–H groups in total. The van der Waals surface area contributed by atoms with E-state index in [1.54, 1.807) is 38.1 Å². The lowest BCUT2D eigenvalue weighted by Gasteiger charge is -2.35. The van der Waals surface area contributed by atoms with Gasteiger partial charge in [0.1, 0.15) is 11.4 Å². The molecule has 1 aromatic heterocycles. The third kappa shape index (κ3) is 2.83. The van der Waals surface area contributed by atoms with Crippen LogP contribution in [0.3, 0.4) is 0 Å². The van der Waals surface area contributed by atoms with Gasteiger partial charge in [-0.2, -0.15) is 18.3 Å². The number of hydrogen-bond donors (Lipinski definition) is 1. The average Bonchev–Trinajstić information content (AvgIpc) is 2.91. The maximum absolute atomic E-state index is 13.9. The topological polar surface area (TPSA) is 38.0 Å². The van der Waals surface area contributed by atoms with Crippen molar-refractivity contribution in [3.05, 3.63) is 59.3 Å². The minimum absolute atomic E-state index is 0.0824. The van der Waals surface area contributed by atoms with Crippen molar-refractivity contribution in [3.63, 3.8) is 0 Å². The molecule has 1 aromatic carbocycles. The Morgan fingerprint density at radius 2 is 1.88 bits per heavy atom. The van der Waals surface area contributed by atoms with Crippen molar-refractivity contribution in [1.29, 1.82) is 0 Å². The van der Waals surface area contributed by atoms with Crippen LogP contribution in [0.25, 0.3) is 11.3 Å². The molecule has 2 aromatic rings. The van der Waals surface area contributed by atoms with Crippen molar-refractivity contribution in [3.8, 4) is 17.0 Å². The monoisotopic (exact) mass is 362 g/mol. The van der Waals surface area contributed by atoms with E-state index in [-0.39, 0.29) is 22.9 Å². The number of aromatic nitrogens is 2. The molecule has 0 spiro atoms. The van der Waals surface area contributed by atoms with Gasteiger partial charge in [0.15, 0.2) is 0 Å². The van der Waals surface area contributed by atoms with Crippen molar-refractivity contribution in [2.45, 2.75) is 39.4 Å². The van der Waals surface area contributed by atoms with Crippen LogP contribution in [0.4, 0.5) is 13.2 Å². The molecule has 3 rings (SSSR count). The first-order chi connectivity index (χ1) is 12.1. The number of halogens is 3. The molecule has 138 valence electrons. The normalized spacial score (nSPS) is 22.8. The zero-order valence-corrected chi connectivity index (χ0v) is 15.1. The molecule has 26 heavy (non-hydrogen) atoms. The summed E-state index contributed by atoms with van der Waals surface area (Å²) in [6, 6.07) is 4.71. The fourth-order valence-electron chi connectivity index (χ4n) is 3.35. The van der Waals surface area contributed by atoms with Crippen molar-refractivity contribution in [1.82, 2.24) is 9.78 Å². The number of alkyl halides is 3. The van der Waals surface area contributed by atoms with Gasteiger partial charge >= 0.3 is 6.18 Å². The smallest absolute Gasteiger partial charge is 0.433 e. The number of phenolic OH excluding ortho intramolecular Hbond substituents is 1. The van der Waals surface area contributed by atoms with Gasteiger partial charge in [-0.05, 0) is 44.5 Å².